The zero-order valence-corrected chi connectivity index (χ0v) is 6.80. The van der Waals surface area contributed by atoms with E-state index in [2.05, 4.69) is 10.1 Å². The van der Waals surface area contributed by atoms with Crippen molar-refractivity contribution in [3.05, 3.63) is 0 Å². The SMILES string of the molecule is COC(=O)C(C)(N)NC(C)=O. The molecule has 3 N–H and O–H groups in total. The Bertz CT molecular complexity index is 177. The molecule has 1 atom stereocenters. The minimum absolute atomic E-state index is 0.375. The molecule has 0 heterocycles. The average Bonchev–Trinajstić information content (AvgIpc) is 1.83. The Kier molecular flexibility index (Phi) is 3.00. The molecule has 0 rings (SSSR count). The minimum atomic E-state index is -1.43. The maximum atomic E-state index is 10.8. The Morgan fingerprint density at radius 1 is 1.55 bits per heavy atom. The fourth-order valence-corrected chi connectivity index (χ4v) is 0.629. The molecule has 1 unspecified atom stereocenters. The largest absolute Gasteiger partial charge is 0.466 e. The number of hydrogen-bond acceptors (Lipinski definition) is 4. The van der Waals surface area contributed by atoms with Crippen LogP contribution in [-0.4, -0.2) is 24.6 Å². The highest BCUT2D eigenvalue weighted by Crippen LogP contribution is 1.95. The van der Waals surface area contributed by atoms with Gasteiger partial charge in [0, 0.05) is 6.92 Å². The highest BCUT2D eigenvalue weighted by atomic mass is 16.5. The van der Waals surface area contributed by atoms with Gasteiger partial charge in [0.15, 0.2) is 5.66 Å². The number of ether oxygens (including phenoxy) is 1. The lowest BCUT2D eigenvalue weighted by Gasteiger charge is -2.21. The fourth-order valence-electron chi connectivity index (χ4n) is 0.629. The first-order valence-corrected chi connectivity index (χ1v) is 3.06. The van der Waals surface area contributed by atoms with E-state index in [-0.39, 0.29) is 5.91 Å². The molecular weight excluding hydrogens is 148 g/mol. The molecule has 0 aliphatic heterocycles. The topological polar surface area (TPSA) is 81.4 Å². The Balaban J connectivity index is 4.21. The summed E-state index contributed by atoms with van der Waals surface area (Å²) in [7, 11) is 1.20. The summed E-state index contributed by atoms with van der Waals surface area (Å²) in [5, 5.41) is 2.23. The van der Waals surface area contributed by atoms with Crippen LogP contribution in [0.1, 0.15) is 13.8 Å². The van der Waals surface area contributed by atoms with Crippen LogP contribution in [0.5, 0.6) is 0 Å². The second-order valence-electron chi connectivity index (χ2n) is 2.38. The van der Waals surface area contributed by atoms with E-state index < -0.39 is 11.6 Å². The van der Waals surface area contributed by atoms with Crippen molar-refractivity contribution in [3.63, 3.8) is 0 Å². The van der Waals surface area contributed by atoms with Gasteiger partial charge < -0.3 is 10.1 Å². The second-order valence-corrected chi connectivity index (χ2v) is 2.38. The summed E-state index contributed by atoms with van der Waals surface area (Å²) < 4.78 is 4.34. The Hall–Kier alpha value is -1.10. The molecule has 0 radical (unpaired) electrons. The number of rotatable bonds is 2. The van der Waals surface area contributed by atoms with E-state index >= 15 is 0 Å². The number of hydrogen-bond donors (Lipinski definition) is 2. The molecule has 0 saturated carbocycles. The molecule has 0 aliphatic carbocycles. The highest BCUT2D eigenvalue weighted by molar-refractivity contribution is 5.85. The molecule has 0 aromatic rings. The lowest BCUT2D eigenvalue weighted by molar-refractivity contribution is -0.149. The van der Waals surface area contributed by atoms with E-state index in [1.807, 2.05) is 0 Å². The maximum absolute atomic E-state index is 10.8. The summed E-state index contributed by atoms with van der Waals surface area (Å²) in [6.45, 7) is 2.63. The highest BCUT2D eigenvalue weighted by Gasteiger charge is 2.29. The molecule has 5 nitrogen and oxygen atoms in total. The predicted molar refractivity (Wildman–Crippen MR) is 38.4 cm³/mol. The van der Waals surface area contributed by atoms with Crippen molar-refractivity contribution in [2.24, 2.45) is 5.73 Å². The Labute approximate surface area is 64.9 Å². The average molecular weight is 160 g/mol. The zero-order valence-electron chi connectivity index (χ0n) is 6.80. The molecule has 64 valence electrons. The number of methoxy groups -OCH3 is 1. The Morgan fingerprint density at radius 3 is 2.27 bits per heavy atom. The van der Waals surface area contributed by atoms with Crippen molar-refractivity contribution in [1.29, 1.82) is 0 Å². The molecule has 0 bridgehead atoms. The van der Waals surface area contributed by atoms with Gasteiger partial charge in [-0.3, -0.25) is 10.5 Å². The number of amides is 1. The van der Waals surface area contributed by atoms with E-state index in [0.717, 1.165) is 0 Å². The summed E-state index contributed by atoms with van der Waals surface area (Å²) in [4.78, 5) is 21.3. The van der Waals surface area contributed by atoms with E-state index in [0.29, 0.717) is 0 Å². The number of nitrogens with one attached hydrogen (secondary N) is 1. The molecule has 0 aromatic carbocycles. The van der Waals surface area contributed by atoms with Gasteiger partial charge >= 0.3 is 5.97 Å². The first-order valence-electron chi connectivity index (χ1n) is 3.06. The van der Waals surface area contributed by atoms with Gasteiger partial charge in [-0.1, -0.05) is 0 Å². The fraction of sp³-hybridized carbons (Fsp3) is 0.667. The van der Waals surface area contributed by atoms with Crippen LogP contribution in [0.25, 0.3) is 0 Å². The molecule has 0 aromatic heterocycles. The lowest BCUT2D eigenvalue weighted by atomic mass is 10.2. The smallest absolute Gasteiger partial charge is 0.346 e. The van der Waals surface area contributed by atoms with Gasteiger partial charge in [0.05, 0.1) is 7.11 Å². The minimum Gasteiger partial charge on any atom is -0.466 e. The molecular formula is C6H12N2O3. The summed E-state index contributed by atoms with van der Waals surface area (Å²) in [6.07, 6.45) is 0. The molecule has 1 amide bonds. The second kappa shape index (κ2) is 3.34. The quantitative estimate of drug-likeness (QED) is 0.400. The van der Waals surface area contributed by atoms with Crippen molar-refractivity contribution >= 4 is 11.9 Å². The first-order chi connectivity index (χ1) is 4.90. The van der Waals surface area contributed by atoms with Gasteiger partial charge in [-0.05, 0) is 6.92 Å². The van der Waals surface area contributed by atoms with Crippen LogP contribution in [0, 0.1) is 0 Å². The summed E-state index contributed by atoms with van der Waals surface area (Å²) >= 11 is 0. The number of esters is 1. The van der Waals surface area contributed by atoms with Crippen LogP contribution in [-0.2, 0) is 14.3 Å². The van der Waals surface area contributed by atoms with E-state index in [9.17, 15) is 9.59 Å². The van der Waals surface area contributed by atoms with Gasteiger partial charge in [0.2, 0.25) is 5.91 Å². The first kappa shape index (κ1) is 9.90. The van der Waals surface area contributed by atoms with Crippen LogP contribution >= 0.6 is 0 Å². The van der Waals surface area contributed by atoms with Crippen molar-refractivity contribution < 1.29 is 14.3 Å². The standard InChI is InChI=1S/C6H12N2O3/c1-4(9)8-6(2,7)5(10)11-3/h7H2,1-3H3,(H,8,9). The van der Waals surface area contributed by atoms with E-state index in [1.54, 1.807) is 0 Å². The lowest BCUT2D eigenvalue weighted by Crippen LogP contribution is -2.59. The summed E-state index contributed by atoms with van der Waals surface area (Å²) in [5.74, 6) is -1.05. The third kappa shape index (κ3) is 2.99. The van der Waals surface area contributed by atoms with Crippen molar-refractivity contribution in [3.8, 4) is 0 Å². The van der Waals surface area contributed by atoms with Crippen LogP contribution in [0.15, 0.2) is 0 Å². The number of nitrogens with two attached hydrogens (primary N) is 1. The van der Waals surface area contributed by atoms with Crippen LogP contribution in [0.4, 0.5) is 0 Å². The summed E-state index contributed by atoms with van der Waals surface area (Å²) in [6, 6.07) is 0. The monoisotopic (exact) mass is 160 g/mol. The van der Waals surface area contributed by atoms with E-state index in [1.165, 1.54) is 21.0 Å². The van der Waals surface area contributed by atoms with Crippen LogP contribution in [0.2, 0.25) is 0 Å². The molecule has 11 heavy (non-hydrogen) atoms. The number of carbonyl (C=O) groups is 2. The Morgan fingerprint density at radius 2 is 2.00 bits per heavy atom. The molecule has 0 spiro atoms. The molecule has 0 fully saturated rings. The third-order valence-corrected chi connectivity index (χ3v) is 1.05. The molecule has 5 heteroatoms. The maximum Gasteiger partial charge on any atom is 0.346 e. The van der Waals surface area contributed by atoms with Crippen molar-refractivity contribution in [2.75, 3.05) is 7.11 Å². The zero-order chi connectivity index (χ0) is 9.07. The molecule has 0 saturated heterocycles. The van der Waals surface area contributed by atoms with Crippen LogP contribution < -0.4 is 11.1 Å². The predicted octanol–water partition coefficient (Wildman–Crippen LogP) is -1.03. The third-order valence-electron chi connectivity index (χ3n) is 1.05. The van der Waals surface area contributed by atoms with Crippen molar-refractivity contribution in [1.82, 2.24) is 5.32 Å². The van der Waals surface area contributed by atoms with Crippen molar-refractivity contribution in [2.45, 2.75) is 19.5 Å². The van der Waals surface area contributed by atoms with Crippen LogP contribution in [0.3, 0.4) is 0 Å². The summed E-state index contributed by atoms with van der Waals surface area (Å²) in [5.41, 5.74) is 3.94. The van der Waals surface area contributed by atoms with Gasteiger partial charge in [-0.25, -0.2) is 4.79 Å². The van der Waals surface area contributed by atoms with Gasteiger partial charge in [0.1, 0.15) is 0 Å². The van der Waals surface area contributed by atoms with Gasteiger partial charge in [-0.15, -0.1) is 0 Å². The normalized spacial score (nSPS) is 14.9. The van der Waals surface area contributed by atoms with Gasteiger partial charge in [-0.2, -0.15) is 0 Å². The van der Waals surface area contributed by atoms with E-state index in [4.69, 9.17) is 5.73 Å². The van der Waals surface area contributed by atoms with Gasteiger partial charge in [0.25, 0.3) is 0 Å². The number of carbonyl (C=O) groups excluding carboxylic acids is 2. The molecule has 0 aliphatic rings.